The van der Waals surface area contributed by atoms with Gasteiger partial charge < -0.3 is 9.64 Å². The lowest BCUT2D eigenvalue weighted by atomic mass is 10.0. The van der Waals surface area contributed by atoms with Crippen LogP contribution in [0.3, 0.4) is 0 Å². The Bertz CT molecular complexity index is 912. The average Bonchev–Trinajstić information content (AvgIpc) is 3.08. The normalized spacial score (nSPS) is 17.7. The van der Waals surface area contributed by atoms with Crippen molar-refractivity contribution < 1.29 is 4.74 Å². The van der Waals surface area contributed by atoms with Gasteiger partial charge in [-0.2, -0.15) is 10.1 Å². The lowest BCUT2D eigenvalue weighted by molar-refractivity contribution is 0.0575. The molecular weight excluding hydrogens is 318 g/mol. The molecule has 3 aromatic rings. The Morgan fingerprint density at radius 3 is 2.96 bits per heavy atom. The van der Waals surface area contributed by atoms with E-state index in [0.717, 1.165) is 38.3 Å². The van der Waals surface area contributed by atoms with Crippen molar-refractivity contribution in [3.05, 3.63) is 46.9 Å². The Labute approximate surface area is 145 Å². The Balaban J connectivity index is 1.69. The number of nitrogens with one attached hydrogen (secondary N) is 1. The molecular formula is C18H21N5O2. The molecule has 0 amide bonds. The molecule has 1 aliphatic rings. The SMILES string of the molecule is CN(C[C@H]1CCCOC1)c1nc2c(cnn2-c2ccccc2)c(=O)[nH]1. The molecule has 0 saturated carbocycles. The smallest absolute Gasteiger partial charge is 0.263 e. The van der Waals surface area contributed by atoms with Crippen molar-refractivity contribution in [2.75, 3.05) is 31.7 Å². The van der Waals surface area contributed by atoms with Crippen molar-refractivity contribution in [3.63, 3.8) is 0 Å². The van der Waals surface area contributed by atoms with Crippen LogP contribution in [-0.4, -0.2) is 46.6 Å². The molecule has 1 saturated heterocycles. The van der Waals surface area contributed by atoms with Crippen molar-refractivity contribution in [3.8, 4) is 5.69 Å². The minimum absolute atomic E-state index is 0.172. The number of ether oxygens (including phenoxy) is 1. The number of benzene rings is 1. The highest BCUT2D eigenvalue weighted by atomic mass is 16.5. The number of hydrogen-bond donors (Lipinski definition) is 1. The Kier molecular flexibility index (Phi) is 4.23. The number of para-hydroxylation sites is 1. The topological polar surface area (TPSA) is 76.0 Å². The maximum atomic E-state index is 12.4. The number of nitrogens with zero attached hydrogens (tertiary/aromatic N) is 4. The maximum absolute atomic E-state index is 12.4. The third-order valence-electron chi connectivity index (χ3n) is 4.57. The first-order valence-electron chi connectivity index (χ1n) is 8.55. The van der Waals surface area contributed by atoms with Crippen LogP contribution in [0.1, 0.15) is 12.8 Å². The van der Waals surface area contributed by atoms with Crippen LogP contribution in [0.5, 0.6) is 0 Å². The van der Waals surface area contributed by atoms with Crippen LogP contribution in [0.25, 0.3) is 16.7 Å². The fourth-order valence-electron chi connectivity index (χ4n) is 3.27. The van der Waals surface area contributed by atoms with E-state index >= 15 is 0 Å². The standard InChI is InChI=1S/C18H21N5O2/c1-22(11-13-6-5-9-25-12-13)18-20-16-15(17(24)21-18)10-19-23(16)14-7-3-2-4-8-14/h2-4,7-8,10,13H,5-6,9,11-12H2,1H3,(H,20,21,24)/t13-/m1/s1. The maximum Gasteiger partial charge on any atom is 0.263 e. The van der Waals surface area contributed by atoms with E-state index in [1.165, 1.54) is 0 Å². The Morgan fingerprint density at radius 2 is 2.20 bits per heavy atom. The summed E-state index contributed by atoms with van der Waals surface area (Å²) in [7, 11) is 1.95. The summed E-state index contributed by atoms with van der Waals surface area (Å²) in [4.78, 5) is 22.0. The van der Waals surface area contributed by atoms with E-state index in [1.807, 2.05) is 42.3 Å². The van der Waals surface area contributed by atoms with Crippen molar-refractivity contribution in [2.24, 2.45) is 5.92 Å². The highest BCUT2D eigenvalue weighted by molar-refractivity contribution is 5.76. The summed E-state index contributed by atoms with van der Waals surface area (Å²) in [5.41, 5.74) is 1.27. The third kappa shape index (κ3) is 3.15. The van der Waals surface area contributed by atoms with E-state index in [2.05, 4.69) is 15.1 Å². The van der Waals surface area contributed by atoms with Crippen LogP contribution in [-0.2, 0) is 4.74 Å². The van der Waals surface area contributed by atoms with Gasteiger partial charge in [-0.25, -0.2) is 4.68 Å². The largest absolute Gasteiger partial charge is 0.381 e. The number of hydrogen-bond acceptors (Lipinski definition) is 5. The highest BCUT2D eigenvalue weighted by Gasteiger charge is 2.19. The second kappa shape index (κ2) is 6.68. The van der Waals surface area contributed by atoms with Crippen LogP contribution >= 0.6 is 0 Å². The molecule has 0 unspecified atom stereocenters. The molecule has 4 rings (SSSR count). The first-order valence-corrected chi connectivity index (χ1v) is 8.55. The van der Waals surface area contributed by atoms with Crippen LogP contribution in [0.4, 0.5) is 5.95 Å². The van der Waals surface area contributed by atoms with Crippen molar-refractivity contribution in [1.82, 2.24) is 19.7 Å². The molecule has 1 aromatic carbocycles. The van der Waals surface area contributed by atoms with E-state index < -0.39 is 0 Å². The second-order valence-corrected chi connectivity index (χ2v) is 6.48. The zero-order valence-corrected chi connectivity index (χ0v) is 14.2. The van der Waals surface area contributed by atoms with Crippen LogP contribution < -0.4 is 10.5 Å². The molecule has 130 valence electrons. The molecule has 2 aromatic heterocycles. The minimum atomic E-state index is -0.172. The van der Waals surface area contributed by atoms with Crippen molar-refractivity contribution >= 4 is 17.0 Å². The summed E-state index contributed by atoms with van der Waals surface area (Å²) in [5.74, 6) is 1.01. The van der Waals surface area contributed by atoms with Gasteiger partial charge in [-0.15, -0.1) is 0 Å². The number of fused-ring (bicyclic) bond motifs is 1. The van der Waals surface area contributed by atoms with E-state index in [1.54, 1.807) is 10.9 Å². The third-order valence-corrected chi connectivity index (χ3v) is 4.57. The van der Waals surface area contributed by atoms with E-state index in [-0.39, 0.29) is 5.56 Å². The summed E-state index contributed by atoms with van der Waals surface area (Å²) in [6.45, 7) is 2.41. The zero-order valence-electron chi connectivity index (χ0n) is 14.2. The molecule has 0 bridgehead atoms. The molecule has 7 nitrogen and oxygen atoms in total. The highest BCUT2D eigenvalue weighted by Crippen LogP contribution is 2.19. The molecule has 0 spiro atoms. The Morgan fingerprint density at radius 1 is 1.36 bits per heavy atom. The molecule has 0 aliphatic carbocycles. The van der Waals surface area contributed by atoms with Gasteiger partial charge in [0.2, 0.25) is 5.95 Å². The number of aromatic nitrogens is 4. The number of aromatic amines is 1. The van der Waals surface area contributed by atoms with Gasteiger partial charge in [0.15, 0.2) is 5.65 Å². The van der Waals surface area contributed by atoms with Crippen molar-refractivity contribution in [1.29, 1.82) is 0 Å². The molecule has 0 radical (unpaired) electrons. The first-order chi connectivity index (χ1) is 12.2. The van der Waals surface area contributed by atoms with Gasteiger partial charge in [-0.3, -0.25) is 9.78 Å². The second-order valence-electron chi connectivity index (χ2n) is 6.48. The molecule has 25 heavy (non-hydrogen) atoms. The van der Waals surface area contributed by atoms with E-state index in [0.29, 0.717) is 22.9 Å². The number of rotatable bonds is 4. The molecule has 1 N–H and O–H groups in total. The number of H-pyrrole nitrogens is 1. The number of anilines is 1. The summed E-state index contributed by atoms with van der Waals surface area (Å²) >= 11 is 0. The molecule has 1 fully saturated rings. The van der Waals surface area contributed by atoms with Crippen molar-refractivity contribution in [2.45, 2.75) is 12.8 Å². The zero-order chi connectivity index (χ0) is 17.2. The fraction of sp³-hybridized carbons (Fsp3) is 0.389. The Hall–Kier alpha value is -2.67. The molecule has 1 atom stereocenters. The molecule has 7 heteroatoms. The van der Waals surface area contributed by atoms with Gasteiger partial charge >= 0.3 is 0 Å². The summed E-state index contributed by atoms with van der Waals surface area (Å²) < 4.78 is 7.24. The quantitative estimate of drug-likeness (QED) is 0.786. The van der Waals surface area contributed by atoms with Gasteiger partial charge in [0, 0.05) is 20.2 Å². The van der Waals surface area contributed by atoms with Gasteiger partial charge in [0.1, 0.15) is 5.39 Å². The van der Waals surface area contributed by atoms with Crippen LogP contribution in [0, 0.1) is 5.92 Å². The molecule has 3 heterocycles. The minimum Gasteiger partial charge on any atom is -0.381 e. The molecule has 1 aliphatic heterocycles. The summed E-state index contributed by atoms with van der Waals surface area (Å²) in [6, 6.07) is 9.70. The van der Waals surface area contributed by atoms with Crippen LogP contribution in [0.15, 0.2) is 41.3 Å². The van der Waals surface area contributed by atoms with Gasteiger partial charge in [0.25, 0.3) is 5.56 Å². The summed E-state index contributed by atoms with van der Waals surface area (Å²) in [5, 5.41) is 4.83. The lowest BCUT2D eigenvalue weighted by Crippen LogP contribution is -2.32. The first kappa shape index (κ1) is 15.8. The van der Waals surface area contributed by atoms with Crippen LogP contribution in [0.2, 0.25) is 0 Å². The van der Waals surface area contributed by atoms with E-state index in [9.17, 15) is 4.79 Å². The van der Waals surface area contributed by atoms with Gasteiger partial charge in [0.05, 0.1) is 18.5 Å². The summed E-state index contributed by atoms with van der Waals surface area (Å²) in [6.07, 6.45) is 3.79. The fourth-order valence-corrected chi connectivity index (χ4v) is 3.27. The lowest BCUT2D eigenvalue weighted by Gasteiger charge is -2.27. The van der Waals surface area contributed by atoms with Gasteiger partial charge in [-0.1, -0.05) is 18.2 Å². The van der Waals surface area contributed by atoms with Gasteiger partial charge in [-0.05, 0) is 30.9 Å². The predicted molar refractivity (Wildman–Crippen MR) is 96.3 cm³/mol. The average molecular weight is 339 g/mol. The predicted octanol–water partition coefficient (Wildman–Crippen LogP) is 1.97. The monoisotopic (exact) mass is 339 g/mol. The van der Waals surface area contributed by atoms with E-state index in [4.69, 9.17) is 4.74 Å².